The Morgan fingerprint density at radius 1 is 1.15 bits per heavy atom. The average molecular weight is 461 g/mol. The Morgan fingerprint density at radius 2 is 2.00 bits per heavy atom. The van der Waals surface area contributed by atoms with Gasteiger partial charge in [-0.3, -0.25) is 14.8 Å². The number of hydrogen-bond donors (Lipinski definition) is 1. The summed E-state index contributed by atoms with van der Waals surface area (Å²) in [5, 5.41) is 11.2. The quantitative estimate of drug-likeness (QED) is 0.737. The number of nitrogens with zero attached hydrogens (tertiary/aromatic N) is 4. The van der Waals surface area contributed by atoms with Crippen LogP contribution in [0, 0.1) is 11.8 Å². The van der Waals surface area contributed by atoms with Gasteiger partial charge in [-0.1, -0.05) is 12.1 Å². The fraction of sp³-hybridized carbons (Fsp3) is 0.500. The van der Waals surface area contributed by atoms with E-state index in [4.69, 9.17) is 4.99 Å². The molecule has 2 atom stereocenters. The number of hydrogen-bond acceptors (Lipinski definition) is 6. The zero-order chi connectivity index (χ0) is 22.2. The fourth-order valence-electron chi connectivity index (χ4n) is 5.53. The summed E-state index contributed by atoms with van der Waals surface area (Å²) in [5.74, 6) is 1.94. The lowest BCUT2D eigenvalue weighted by atomic mass is 10.1. The minimum Gasteiger partial charge on any atom is -0.371 e. The van der Waals surface area contributed by atoms with Gasteiger partial charge in [0.2, 0.25) is 5.91 Å². The van der Waals surface area contributed by atoms with Gasteiger partial charge in [-0.25, -0.2) is 0 Å². The normalized spacial score (nSPS) is 26.9. The van der Waals surface area contributed by atoms with Gasteiger partial charge in [0.25, 0.3) is 0 Å². The molecule has 170 valence electrons. The van der Waals surface area contributed by atoms with Gasteiger partial charge in [0.05, 0.1) is 10.6 Å². The van der Waals surface area contributed by atoms with Crippen LogP contribution in [0.15, 0.2) is 40.3 Å². The van der Waals surface area contributed by atoms with Crippen molar-refractivity contribution in [1.29, 1.82) is 0 Å². The van der Waals surface area contributed by atoms with E-state index in [-0.39, 0.29) is 11.5 Å². The van der Waals surface area contributed by atoms with E-state index >= 15 is 0 Å². The van der Waals surface area contributed by atoms with Crippen LogP contribution in [0.4, 0.5) is 5.69 Å². The third-order valence-corrected chi connectivity index (χ3v) is 8.99. The van der Waals surface area contributed by atoms with Gasteiger partial charge >= 0.3 is 0 Å². The van der Waals surface area contributed by atoms with E-state index in [1.165, 1.54) is 16.0 Å². The third kappa shape index (κ3) is 3.36. The predicted molar refractivity (Wildman–Crippen MR) is 130 cm³/mol. The van der Waals surface area contributed by atoms with Gasteiger partial charge in [-0.2, -0.15) is 0 Å². The molecule has 1 amide bonds. The van der Waals surface area contributed by atoms with Crippen LogP contribution < -0.4 is 0 Å². The van der Waals surface area contributed by atoms with Crippen molar-refractivity contribution >= 4 is 35.0 Å². The Bertz CT molecular complexity index is 1190. The largest absolute Gasteiger partial charge is 0.371 e. The van der Waals surface area contributed by atoms with Crippen molar-refractivity contribution in [2.75, 3.05) is 19.6 Å². The second kappa shape index (κ2) is 7.24. The molecule has 2 aliphatic carbocycles. The third-order valence-electron chi connectivity index (χ3n) is 7.86. The maximum absolute atomic E-state index is 12.5. The second-order valence-electron chi connectivity index (χ2n) is 10.3. The maximum Gasteiger partial charge on any atom is 0.225 e. The molecule has 3 aliphatic heterocycles. The van der Waals surface area contributed by atoms with Crippen molar-refractivity contribution in [3.05, 3.63) is 40.8 Å². The molecule has 1 unspecified atom stereocenters. The average Bonchev–Trinajstić information content (AvgIpc) is 3.59. The molecule has 33 heavy (non-hydrogen) atoms. The first-order valence-electron chi connectivity index (χ1n) is 12.2. The van der Waals surface area contributed by atoms with Crippen molar-refractivity contribution < 1.29 is 9.90 Å². The van der Waals surface area contributed by atoms with E-state index in [0.717, 1.165) is 74.6 Å². The van der Waals surface area contributed by atoms with E-state index in [2.05, 4.69) is 40.2 Å². The topological polar surface area (TPSA) is 68.5 Å². The Balaban J connectivity index is 1.12. The smallest absolute Gasteiger partial charge is 0.225 e. The van der Waals surface area contributed by atoms with Crippen molar-refractivity contribution in [3.63, 3.8) is 0 Å². The summed E-state index contributed by atoms with van der Waals surface area (Å²) < 4.78 is 0. The summed E-state index contributed by atoms with van der Waals surface area (Å²) in [6, 6.07) is 10.8. The summed E-state index contributed by atoms with van der Waals surface area (Å²) in [6.45, 7) is 2.42. The summed E-state index contributed by atoms with van der Waals surface area (Å²) in [6.07, 6.45) is 7.36. The highest BCUT2D eigenvalue weighted by atomic mass is 32.1. The molecule has 0 radical (unpaired) electrons. The fourth-order valence-corrected chi connectivity index (χ4v) is 6.54. The van der Waals surface area contributed by atoms with Crippen LogP contribution in [0.1, 0.15) is 42.5 Å². The summed E-state index contributed by atoms with van der Waals surface area (Å²) >= 11 is 1.74. The van der Waals surface area contributed by atoms with Gasteiger partial charge in [-0.05, 0) is 67.3 Å². The first-order chi connectivity index (χ1) is 16.1. The Hall–Kier alpha value is -2.51. The van der Waals surface area contributed by atoms with Crippen LogP contribution in [0.5, 0.6) is 0 Å². The van der Waals surface area contributed by atoms with Crippen molar-refractivity contribution in [1.82, 2.24) is 9.80 Å². The Kier molecular flexibility index (Phi) is 4.37. The molecule has 4 heterocycles. The number of aliphatic hydroxyl groups is 1. The highest BCUT2D eigenvalue weighted by Gasteiger charge is 2.57. The van der Waals surface area contributed by atoms with Gasteiger partial charge in [0, 0.05) is 43.1 Å². The molecular weight excluding hydrogens is 432 g/mol. The number of benzene rings is 1. The maximum atomic E-state index is 12.5. The molecule has 1 spiro atoms. The molecular formula is C26H28N4O2S. The first kappa shape index (κ1) is 19.9. The first-order valence-corrected chi connectivity index (χ1v) is 13.0. The van der Waals surface area contributed by atoms with Gasteiger partial charge in [0.15, 0.2) is 6.23 Å². The molecule has 1 aromatic carbocycles. The molecule has 3 fully saturated rings. The molecule has 6 nitrogen and oxygen atoms in total. The number of carbonyl (C=O) groups excluding carboxylic acids is 1. The lowest BCUT2D eigenvalue weighted by Gasteiger charge is -2.29. The summed E-state index contributed by atoms with van der Waals surface area (Å²) in [4.78, 5) is 28.5. The van der Waals surface area contributed by atoms with Crippen LogP contribution in [0.25, 0.3) is 10.4 Å². The zero-order valence-corrected chi connectivity index (χ0v) is 19.4. The molecule has 0 bridgehead atoms. The SMILES string of the molecule is O=C(C1CC1)N1CC[C@@H](CN2C(c3ccc(-c4ccc5c(c4)N=CC5)s3)=NC3(CC3)C2O)C1. The molecule has 7 heteroatoms. The zero-order valence-electron chi connectivity index (χ0n) is 18.6. The van der Waals surface area contributed by atoms with E-state index in [1.807, 2.05) is 11.1 Å². The van der Waals surface area contributed by atoms with Crippen molar-refractivity contribution in [3.8, 4) is 10.4 Å². The van der Waals surface area contributed by atoms with Crippen LogP contribution >= 0.6 is 11.3 Å². The van der Waals surface area contributed by atoms with E-state index in [1.54, 1.807) is 11.3 Å². The Labute approximate surface area is 197 Å². The molecule has 2 aromatic rings. The highest BCUT2D eigenvalue weighted by Crippen LogP contribution is 2.49. The minimum atomic E-state index is -0.555. The predicted octanol–water partition coefficient (Wildman–Crippen LogP) is 3.85. The number of likely N-dealkylation sites (tertiary alicyclic amines) is 1. The number of carbonyl (C=O) groups is 1. The van der Waals surface area contributed by atoms with E-state index < -0.39 is 6.23 Å². The number of aliphatic imine (C=N–C) groups is 2. The van der Waals surface area contributed by atoms with Crippen LogP contribution in [0.2, 0.25) is 0 Å². The lowest BCUT2D eigenvalue weighted by Crippen LogP contribution is -2.44. The second-order valence-corrected chi connectivity index (χ2v) is 11.4. The summed E-state index contributed by atoms with van der Waals surface area (Å²) in [7, 11) is 0. The molecule has 1 N–H and O–H groups in total. The molecule has 7 rings (SSSR count). The standard InChI is InChI=1S/C26H28N4O2S/c31-24(18-2-3-18)29-12-8-16(14-29)15-30-23(28-26(9-10-26)25(30)32)22-6-5-21(33-22)19-4-1-17-7-11-27-20(17)13-19/h1,4-6,11,13,16,18,25,32H,2-3,7-10,12,14-15H2/t16-,25?/m1/s1. The molecule has 2 saturated carbocycles. The number of thiophene rings is 1. The molecule has 1 saturated heterocycles. The number of rotatable bonds is 5. The minimum absolute atomic E-state index is 0.280. The van der Waals surface area contributed by atoms with Gasteiger partial charge in [-0.15, -0.1) is 11.3 Å². The number of amidine groups is 1. The number of aliphatic hydroxyl groups excluding tert-OH is 1. The van der Waals surface area contributed by atoms with Crippen molar-refractivity contribution in [2.45, 2.75) is 50.3 Å². The van der Waals surface area contributed by atoms with Gasteiger partial charge in [0.1, 0.15) is 11.4 Å². The number of amides is 1. The van der Waals surface area contributed by atoms with E-state index in [9.17, 15) is 9.90 Å². The van der Waals surface area contributed by atoms with Crippen LogP contribution in [-0.4, -0.2) is 64.3 Å². The molecule has 5 aliphatic rings. The lowest BCUT2D eigenvalue weighted by molar-refractivity contribution is -0.131. The Morgan fingerprint density at radius 3 is 2.82 bits per heavy atom. The monoisotopic (exact) mass is 460 g/mol. The summed E-state index contributed by atoms with van der Waals surface area (Å²) in [5.41, 5.74) is 3.22. The number of fused-ring (bicyclic) bond motifs is 1. The van der Waals surface area contributed by atoms with E-state index in [0.29, 0.717) is 11.8 Å². The van der Waals surface area contributed by atoms with Crippen LogP contribution in [-0.2, 0) is 11.2 Å². The van der Waals surface area contributed by atoms with Crippen molar-refractivity contribution in [2.24, 2.45) is 21.8 Å². The van der Waals surface area contributed by atoms with Crippen LogP contribution in [0.3, 0.4) is 0 Å². The molecule has 1 aromatic heterocycles. The highest BCUT2D eigenvalue weighted by molar-refractivity contribution is 7.17. The van der Waals surface area contributed by atoms with Gasteiger partial charge < -0.3 is 14.9 Å².